The van der Waals surface area contributed by atoms with E-state index in [0.717, 1.165) is 25.9 Å². The SMILES string of the molecule is CNc1nc(OC)nc(N2CCC(N(C)C)CC2)n1. The summed E-state index contributed by atoms with van der Waals surface area (Å²) < 4.78 is 5.11. The molecular formula is C12H22N6O. The van der Waals surface area contributed by atoms with Crippen molar-refractivity contribution in [1.29, 1.82) is 0 Å². The van der Waals surface area contributed by atoms with Crippen molar-refractivity contribution in [2.24, 2.45) is 0 Å². The van der Waals surface area contributed by atoms with Crippen LogP contribution in [-0.4, -0.2) is 67.2 Å². The fourth-order valence-electron chi connectivity index (χ4n) is 2.27. The molecule has 0 aromatic carbocycles. The minimum Gasteiger partial charge on any atom is -0.467 e. The monoisotopic (exact) mass is 266 g/mol. The second-order valence-corrected chi connectivity index (χ2v) is 4.88. The molecule has 1 aromatic heterocycles. The van der Waals surface area contributed by atoms with Crippen LogP contribution in [0.4, 0.5) is 11.9 Å². The molecule has 2 rings (SSSR count). The van der Waals surface area contributed by atoms with Crippen LogP contribution in [0.1, 0.15) is 12.8 Å². The second-order valence-electron chi connectivity index (χ2n) is 4.88. The maximum absolute atomic E-state index is 5.11. The summed E-state index contributed by atoms with van der Waals surface area (Å²) in [5, 5.41) is 2.93. The minimum atomic E-state index is 0.351. The summed E-state index contributed by atoms with van der Waals surface area (Å²) in [6.07, 6.45) is 2.24. The summed E-state index contributed by atoms with van der Waals surface area (Å²) in [6, 6.07) is 0.993. The van der Waals surface area contributed by atoms with Crippen LogP contribution >= 0.6 is 0 Å². The number of ether oxygens (including phenoxy) is 1. The molecule has 1 aliphatic rings. The van der Waals surface area contributed by atoms with Gasteiger partial charge in [-0.2, -0.15) is 15.0 Å². The summed E-state index contributed by atoms with van der Waals surface area (Å²) in [6.45, 7) is 1.92. The molecule has 0 bridgehead atoms. The van der Waals surface area contributed by atoms with E-state index in [-0.39, 0.29) is 0 Å². The Balaban J connectivity index is 2.10. The number of nitrogens with zero attached hydrogens (tertiary/aromatic N) is 5. The van der Waals surface area contributed by atoms with Crippen LogP contribution in [0, 0.1) is 0 Å². The first-order valence-electron chi connectivity index (χ1n) is 6.53. The van der Waals surface area contributed by atoms with Gasteiger partial charge in [0.2, 0.25) is 11.9 Å². The van der Waals surface area contributed by atoms with Gasteiger partial charge in [-0.05, 0) is 26.9 Å². The molecule has 0 spiro atoms. The molecule has 2 heterocycles. The van der Waals surface area contributed by atoms with E-state index in [2.05, 4.69) is 44.2 Å². The molecule has 1 saturated heterocycles. The Kier molecular flexibility index (Phi) is 4.36. The van der Waals surface area contributed by atoms with Gasteiger partial charge in [0.05, 0.1) is 7.11 Å². The minimum absolute atomic E-state index is 0.351. The highest BCUT2D eigenvalue weighted by Gasteiger charge is 2.23. The first-order valence-corrected chi connectivity index (χ1v) is 6.53. The number of aromatic nitrogens is 3. The molecule has 0 atom stereocenters. The first-order chi connectivity index (χ1) is 9.13. The van der Waals surface area contributed by atoms with Crippen LogP contribution in [0.2, 0.25) is 0 Å². The van der Waals surface area contributed by atoms with Crippen LogP contribution in [-0.2, 0) is 0 Å². The normalized spacial score (nSPS) is 16.8. The zero-order valence-corrected chi connectivity index (χ0v) is 12.1. The summed E-state index contributed by atoms with van der Waals surface area (Å²) in [4.78, 5) is 17.3. The van der Waals surface area contributed by atoms with Crippen LogP contribution < -0.4 is 15.0 Å². The van der Waals surface area contributed by atoms with Crippen molar-refractivity contribution < 1.29 is 4.74 Å². The van der Waals surface area contributed by atoms with E-state index in [1.165, 1.54) is 0 Å². The molecule has 0 saturated carbocycles. The number of nitrogens with one attached hydrogen (secondary N) is 1. The van der Waals surface area contributed by atoms with Gasteiger partial charge >= 0.3 is 6.01 Å². The predicted octanol–water partition coefficient (Wildman–Crippen LogP) is 0.452. The molecular weight excluding hydrogens is 244 g/mol. The standard InChI is InChI=1S/C12H22N6O/c1-13-10-14-11(16-12(15-10)19-4)18-7-5-9(6-8-18)17(2)3/h9H,5-8H2,1-4H3,(H,13,14,15,16). The van der Waals surface area contributed by atoms with Gasteiger partial charge in [-0.1, -0.05) is 0 Å². The Morgan fingerprint density at radius 2 is 1.89 bits per heavy atom. The molecule has 106 valence electrons. The molecule has 1 N–H and O–H groups in total. The fraction of sp³-hybridized carbons (Fsp3) is 0.750. The molecule has 7 heteroatoms. The number of rotatable bonds is 4. The molecule has 0 radical (unpaired) electrons. The predicted molar refractivity (Wildman–Crippen MR) is 74.8 cm³/mol. The maximum Gasteiger partial charge on any atom is 0.322 e. The van der Waals surface area contributed by atoms with E-state index >= 15 is 0 Å². The number of hydrogen-bond donors (Lipinski definition) is 1. The lowest BCUT2D eigenvalue weighted by molar-refractivity contribution is 0.248. The van der Waals surface area contributed by atoms with Gasteiger partial charge in [0, 0.05) is 26.2 Å². The van der Waals surface area contributed by atoms with E-state index < -0.39 is 0 Å². The van der Waals surface area contributed by atoms with Gasteiger partial charge in [0.15, 0.2) is 0 Å². The molecule has 19 heavy (non-hydrogen) atoms. The highest BCUT2D eigenvalue weighted by molar-refractivity contribution is 5.38. The average Bonchev–Trinajstić information content (AvgIpc) is 2.46. The lowest BCUT2D eigenvalue weighted by atomic mass is 10.0. The summed E-state index contributed by atoms with van der Waals surface area (Å²) >= 11 is 0. The van der Waals surface area contributed by atoms with Crippen molar-refractivity contribution in [3.05, 3.63) is 0 Å². The van der Waals surface area contributed by atoms with Gasteiger partial charge < -0.3 is 19.9 Å². The largest absolute Gasteiger partial charge is 0.467 e. The molecule has 1 aliphatic heterocycles. The van der Waals surface area contributed by atoms with Crippen LogP contribution in [0.3, 0.4) is 0 Å². The Hall–Kier alpha value is -1.63. The third kappa shape index (κ3) is 3.23. The Bertz CT molecular complexity index is 394. The topological polar surface area (TPSA) is 66.4 Å². The summed E-state index contributed by atoms with van der Waals surface area (Å²) in [5.41, 5.74) is 0. The maximum atomic E-state index is 5.11. The van der Waals surface area contributed by atoms with Crippen molar-refractivity contribution in [2.75, 3.05) is 51.6 Å². The Morgan fingerprint density at radius 1 is 1.21 bits per heavy atom. The number of methoxy groups -OCH3 is 1. The summed E-state index contributed by atoms with van der Waals surface area (Å²) in [5.74, 6) is 1.23. The number of hydrogen-bond acceptors (Lipinski definition) is 7. The molecule has 1 aromatic rings. The Morgan fingerprint density at radius 3 is 2.42 bits per heavy atom. The van der Waals surface area contributed by atoms with Gasteiger partial charge in [-0.15, -0.1) is 0 Å². The van der Waals surface area contributed by atoms with E-state index in [1.54, 1.807) is 14.2 Å². The van der Waals surface area contributed by atoms with Crippen LogP contribution in [0.25, 0.3) is 0 Å². The highest BCUT2D eigenvalue weighted by atomic mass is 16.5. The highest BCUT2D eigenvalue weighted by Crippen LogP contribution is 2.20. The zero-order chi connectivity index (χ0) is 13.8. The van der Waals surface area contributed by atoms with E-state index in [1.807, 2.05) is 0 Å². The van der Waals surface area contributed by atoms with Crippen molar-refractivity contribution in [3.63, 3.8) is 0 Å². The molecule has 1 fully saturated rings. The van der Waals surface area contributed by atoms with Crippen LogP contribution in [0.5, 0.6) is 6.01 Å². The molecule has 0 aliphatic carbocycles. The first kappa shape index (κ1) is 13.8. The van der Waals surface area contributed by atoms with Gasteiger partial charge in [0.25, 0.3) is 0 Å². The molecule has 7 nitrogen and oxygen atoms in total. The lowest BCUT2D eigenvalue weighted by Crippen LogP contribution is -2.42. The molecule has 0 amide bonds. The third-order valence-electron chi connectivity index (χ3n) is 3.49. The third-order valence-corrected chi connectivity index (χ3v) is 3.49. The quantitative estimate of drug-likeness (QED) is 0.848. The smallest absolute Gasteiger partial charge is 0.322 e. The van der Waals surface area contributed by atoms with Crippen LogP contribution in [0.15, 0.2) is 0 Å². The number of piperidine rings is 1. The second kappa shape index (κ2) is 6.01. The van der Waals surface area contributed by atoms with E-state index in [9.17, 15) is 0 Å². The fourth-order valence-corrected chi connectivity index (χ4v) is 2.27. The van der Waals surface area contributed by atoms with Gasteiger partial charge in [-0.25, -0.2) is 0 Å². The molecule has 0 unspecified atom stereocenters. The van der Waals surface area contributed by atoms with Crippen molar-refractivity contribution in [1.82, 2.24) is 19.9 Å². The van der Waals surface area contributed by atoms with Crippen molar-refractivity contribution in [2.45, 2.75) is 18.9 Å². The van der Waals surface area contributed by atoms with E-state index in [0.29, 0.717) is 23.9 Å². The zero-order valence-electron chi connectivity index (χ0n) is 12.1. The lowest BCUT2D eigenvalue weighted by Gasteiger charge is -2.35. The summed E-state index contributed by atoms with van der Waals surface area (Å²) in [7, 11) is 7.62. The Labute approximate surface area is 114 Å². The average molecular weight is 266 g/mol. The number of anilines is 2. The van der Waals surface area contributed by atoms with Gasteiger partial charge in [-0.3, -0.25) is 0 Å². The van der Waals surface area contributed by atoms with Crippen molar-refractivity contribution in [3.8, 4) is 6.01 Å². The van der Waals surface area contributed by atoms with Crippen molar-refractivity contribution >= 4 is 11.9 Å². The van der Waals surface area contributed by atoms with Gasteiger partial charge in [0.1, 0.15) is 0 Å². The van der Waals surface area contributed by atoms with E-state index in [4.69, 9.17) is 4.74 Å².